The molecule has 1 fully saturated rings. The summed E-state index contributed by atoms with van der Waals surface area (Å²) in [6.45, 7) is 19.9. The SMILES string of the molecule is C[B]C(CC)(CC(C)C)C1(C)CCCCCCCC(C)CCC(C)(C)CC1. The van der Waals surface area contributed by atoms with Gasteiger partial charge in [-0.2, -0.15) is 0 Å². The van der Waals surface area contributed by atoms with Crippen LogP contribution < -0.4 is 0 Å². The van der Waals surface area contributed by atoms with E-state index in [1.54, 1.807) is 0 Å². The van der Waals surface area contributed by atoms with Gasteiger partial charge in [0, 0.05) is 0 Å². The minimum Gasteiger partial charge on any atom is -0.0914 e. The van der Waals surface area contributed by atoms with Crippen molar-refractivity contribution in [2.24, 2.45) is 22.7 Å². The summed E-state index contributed by atoms with van der Waals surface area (Å²) in [6, 6.07) is 0. The predicted molar refractivity (Wildman–Crippen MR) is 126 cm³/mol. The minimum absolute atomic E-state index is 0.404. The van der Waals surface area contributed by atoms with Crippen molar-refractivity contribution < 1.29 is 0 Å². The van der Waals surface area contributed by atoms with Crippen LogP contribution in [0, 0.1) is 22.7 Å². The third-order valence-corrected chi connectivity index (χ3v) is 8.25. The molecule has 3 unspecified atom stereocenters. The van der Waals surface area contributed by atoms with Crippen LogP contribution >= 0.6 is 0 Å². The molecule has 0 aromatic heterocycles. The van der Waals surface area contributed by atoms with Gasteiger partial charge in [0.25, 0.3) is 0 Å². The van der Waals surface area contributed by atoms with Gasteiger partial charge < -0.3 is 0 Å². The highest BCUT2D eigenvalue weighted by Gasteiger charge is 2.45. The van der Waals surface area contributed by atoms with Gasteiger partial charge in [-0.1, -0.05) is 118 Å². The first kappa shape index (κ1) is 25.1. The van der Waals surface area contributed by atoms with Gasteiger partial charge >= 0.3 is 0 Å². The third kappa shape index (κ3) is 7.77. The lowest BCUT2D eigenvalue weighted by Crippen LogP contribution is -2.39. The highest BCUT2D eigenvalue weighted by Crippen LogP contribution is 2.58. The Hall–Kier alpha value is 0.0649. The molecule has 159 valence electrons. The van der Waals surface area contributed by atoms with E-state index in [9.17, 15) is 0 Å². The molecule has 0 bridgehead atoms. The van der Waals surface area contributed by atoms with Crippen molar-refractivity contribution in [1.82, 2.24) is 0 Å². The lowest BCUT2D eigenvalue weighted by Gasteiger charge is -2.51. The maximum absolute atomic E-state index is 2.66. The summed E-state index contributed by atoms with van der Waals surface area (Å²) < 4.78 is 0. The van der Waals surface area contributed by atoms with Crippen LogP contribution in [0.2, 0.25) is 12.1 Å². The van der Waals surface area contributed by atoms with Crippen LogP contribution in [0.25, 0.3) is 0 Å². The zero-order valence-electron chi connectivity index (χ0n) is 20.4. The fourth-order valence-corrected chi connectivity index (χ4v) is 5.90. The number of hydrogen-bond acceptors (Lipinski definition) is 0. The Morgan fingerprint density at radius 1 is 0.889 bits per heavy atom. The predicted octanol–water partition coefficient (Wildman–Crippen LogP) is 9.33. The Labute approximate surface area is 174 Å². The van der Waals surface area contributed by atoms with Gasteiger partial charge in [-0.15, -0.1) is 0 Å². The van der Waals surface area contributed by atoms with Crippen molar-refractivity contribution in [2.75, 3.05) is 0 Å². The van der Waals surface area contributed by atoms with Crippen molar-refractivity contribution in [2.45, 2.75) is 144 Å². The van der Waals surface area contributed by atoms with Crippen LogP contribution in [-0.4, -0.2) is 7.28 Å². The van der Waals surface area contributed by atoms with Gasteiger partial charge in [0.15, 0.2) is 0 Å². The van der Waals surface area contributed by atoms with E-state index < -0.39 is 0 Å². The summed E-state index contributed by atoms with van der Waals surface area (Å²) in [5.41, 5.74) is 0.943. The van der Waals surface area contributed by atoms with E-state index in [1.165, 1.54) is 83.5 Å². The first-order valence-electron chi connectivity index (χ1n) is 12.4. The van der Waals surface area contributed by atoms with Crippen molar-refractivity contribution in [3.05, 3.63) is 0 Å². The molecule has 1 heteroatoms. The molecule has 1 saturated carbocycles. The van der Waals surface area contributed by atoms with Gasteiger partial charge in [-0.25, -0.2) is 0 Å². The smallest absolute Gasteiger partial charge is 0.0914 e. The second kappa shape index (κ2) is 11.3. The average Bonchev–Trinajstić information content (AvgIpc) is 2.61. The fraction of sp³-hybridized carbons (Fsp3) is 1.00. The van der Waals surface area contributed by atoms with Crippen LogP contribution in [0.3, 0.4) is 0 Å². The zero-order valence-corrected chi connectivity index (χ0v) is 20.4. The average molecular weight is 376 g/mol. The molecule has 0 aromatic rings. The summed E-state index contributed by atoms with van der Waals surface area (Å²) >= 11 is 0. The van der Waals surface area contributed by atoms with E-state index in [0.29, 0.717) is 16.1 Å². The molecule has 0 nitrogen and oxygen atoms in total. The Kier molecular flexibility index (Phi) is 10.5. The van der Waals surface area contributed by atoms with Crippen LogP contribution in [0.5, 0.6) is 0 Å². The molecule has 1 rings (SSSR count). The summed E-state index contributed by atoms with van der Waals surface area (Å²) in [4.78, 5) is 0. The van der Waals surface area contributed by atoms with Gasteiger partial charge in [0.05, 0.1) is 0 Å². The molecule has 0 saturated heterocycles. The Morgan fingerprint density at radius 2 is 1.52 bits per heavy atom. The van der Waals surface area contributed by atoms with Crippen molar-refractivity contribution in [3.8, 4) is 0 Å². The van der Waals surface area contributed by atoms with E-state index >= 15 is 0 Å². The van der Waals surface area contributed by atoms with Crippen LogP contribution in [-0.2, 0) is 0 Å². The lowest BCUT2D eigenvalue weighted by molar-refractivity contribution is 0.107. The van der Waals surface area contributed by atoms with Gasteiger partial charge in [-0.05, 0) is 48.3 Å². The van der Waals surface area contributed by atoms with Gasteiger partial charge in [0.2, 0.25) is 0 Å². The summed E-state index contributed by atoms with van der Waals surface area (Å²) in [5, 5.41) is 0.404. The van der Waals surface area contributed by atoms with E-state index in [1.807, 2.05) is 0 Å². The molecular weight excluding hydrogens is 323 g/mol. The van der Waals surface area contributed by atoms with Crippen molar-refractivity contribution in [1.29, 1.82) is 0 Å². The fourth-order valence-electron chi connectivity index (χ4n) is 5.90. The zero-order chi connectivity index (χ0) is 20.6. The normalized spacial score (nSPS) is 31.1. The first-order valence-corrected chi connectivity index (χ1v) is 12.4. The topological polar surface area (TPSA) is 0 Å². The highest BCUT2D eigenvalue weighted by molar-refractivity contribution is 6.38. The third-order valence-electron chi connectivity index (χ3n) is 8.25. The van der Waals surface area contributed by atoms with E-state index in [4.69, 9.17) is 0 Å². The second-order valence-corrected chi connectivity index (χ2v) is 11.6. The molecule has 0 aliphatic heterocycles. The Morgan fingerprint density at radius 3 is 2.11 bits per heavy atom. The van der Waals surface area contributed by atoms with Crippen LogP contribution in [0.15, 0.2) is 0 Å². The molecule has 0 heterocycles. The molecule has 1 aliphatic carbocycles. The Bertz CT molecular complexity index is 393. The van der Waals surface area contributed by atoms with Crippen molar-refractivity contribution in [3.63, 3.8) is 0 Å². The maximum atomic E-state index is 2.66. The lowest BCUT2D eigenvalue weighted by atomic mass is 9.38. The molecule has 0 aromatic carbocycles. The Balaban J connectivity index is 3.04. The second-order valence-electron chi connectivity index (χ2n) is 11.6. The molecular formula is C26H52B. The highest BCUT2D eigenvalue weighted by atomic mass is 14.5. The van der Waals surface area contributed by atoms with Gasteiger partial charge in [-0.3, -0.25) is 0 Å². The quantitative estimate of drug-likeness (QED) is 0.420. The molecule has 0 spiro atoms. The summed E-state index contributed by atoms with van der Waals surface area (Å²) in [7, 11) is 2.62. The summed E-state index contributed by atoms with van der Waals surface area (Å²) in [5.74, 6) is 1.69. The minimum atomic E-state index is 0.404. The summed E-state index contributed by atoms with van der Waals surface area (Å²) in [6.07, 6.45) is 18.4. The molecule has 0 N–H and O–H groups in total. The molecule has 1 radical (unpaired) electrons. The van der Waals surface area contributed by atoms with E-state index in [0.717, 1.165) is 11.8 Å². The monoisotopic (exact) mass is 375 g/mol. The maximum Gasteiger partial charge on any atom is 0.115 e. The molecule has 3 atom stereocenters. The van der Waals surface area contributed by atoms with E-state index in [-0.39, 0.29) is 0 Å². The molecule has 27 heavy (non-hydrogen) atoms. The largest absolute Gasteiger partial charge is 0.115 e. The van der Waals surface area contributed by atoms with E-state index in [2.05, 4.69) is 62.6 Å². The number of rotatable bonds is 5. The molecule has 0 amide bonds. The van der Waals surface area contributed by atoms with Crippen LogP contribution in [0.1, 0.15) is 132 Å². The number of hydrogen-bond donors (Lipinski definition) is 0. The van der Waals surface area contributed by atoms with Crippen molar-refractivity contribution >= 4 is 7.28 Å². The standard InChI is InChI=1S/C26H52B/c1-9-26(27-8,21-22(2)3)25(7)17-14-12-10-11-13-15-23(4)16-18-24(5,6)19-20-25/h22-23H,9-21H2,1-8H3. The van der Waals surface area contributed by atoms with Gasteiger partial charge in [0.1, 0.15) is 7.28 Å². The van der Waals surface area contributed by atoms with Crippen LogP contribution in [0.4, 0.5) is 0 Å². The molecule has 1 aliphatic rings. The first-order chi connectivity index (χ1) is 12.6.